The van der Waals surface area contributed by atoms with Gasteiger partial charge in [0.15, 0.2) is 0 Å². The maximum Gasteiger partial charge on any atom is 0.344 e. The molecule has 2 aliphatic rings. The molecule has 4 nitrogen and oxygen atoms in total. The third-order valence-electron chi connectivity index (χ3n) is 12.9. The topological polar surface area (TPSA) is 46.6 Å². The van der Waals surface area contributed by atoms with E-state index in [9.17, 15) is 4.79 Å². The fourth-order valence-corrected chi connectivity index (χ4v) is 10.5. The molecule has 0 saturated heterocycles. The number of para-hydroxylation sites is 3. The predicted octanol–water partition coefficient (Wildman–Crippen LogP) is 14.3. The molecule has 1 spiro atoms. The van der Waals surface area contributed by atoms with Crippen molar-refractivity contribution in [2.45, 2.75) is 5.41 Å². The van der Waals surface area contributed by atoms with E-state index in [4.69, 9.17) is 8.83 Å². The Labute approximate surface area is 344 Å². The summed E-state index contributed by atoms with van der Waals surface area (Å²) in [6.45, 7) is 0. The first-order chi connectivity index (χ1) is 29.7. The van der Waals surface area contributed by atoms with Crippen LogP contribution in [0, 0.1) is 0 Å². The van der Waals surface area contributed by atoms with E-state index in [0.717, 1.165) is 60.9 Å². The molecular weight excluding hydrogens is 735 g/mol. The highest BCUT2D eigenvalue weighted by atomic mass is 16.4. The first kappa shape index (κ1) is 33.1. The molecular formula is C56H33NO3. The molecule has 9 aromatic carbocycles. The molecule has 0 aliphatic heterocycles. The minimum absolute atomic E-state index is 0.360. The molecule has 2 heterocycles. The summed E-state index contributed by atoms with van der Waals surface area (Å²) < 4.78 is 12.4. The van der Waals surface area contributed by atoms with Crippen molar-refractivity contribution in [3.05, 3.63) is 233 Å². The number of furan rings is 1. The van der Waals surface area contributed by atoms with E-state index in [-0.39, 0.29) is 5.63 Å². The van der Waals surface area contributed by atoms with Crippen molar-refractivity contribution in [2.24, 2.45) is 0 Å². The average molecular weight is 768 g/mol. The van der Waals surface area contributed by atoms with Crippen LogP contribution < -0.4 is 10.5 Å². The Morgan fingerprint density at radius 1 is 0.383 bits per heavy atom. The summed E-state index contributed by atoms with van der Waals surface area (Å²) in [5, 5.41) is 4.51. The normalized spacial score (nSPS) is 13.2. The van der Waals surface area contributed by atoms with Gasteiger partial charge in [-0.1, -0.05) is 158 Å². The standard InChI is InChI=1S/C56H33NO3/c58-55-45-33-36(31-32-38(45)41-15-4-10-26-52(41)60-55)57(35-29-27-34(28-30-35)37-18-11-19-43-42-16-5-9-25-51(42)59-54(37)43)50-24-12-23-49-53(50)44-17-3-8-22-48(44)56(49)46-20-6-1-13-39(46)40-14-2-7-21-47(40)56/h1-33H. The molecule has 0 N–H and O–H groups in total. The summed E-state index contributed by atoms with van der Waals surface area (Å²) in [5.41, 5.74) is 16.4. The van der Waals surface area contributed by atoms with Crippen LogP contribution in [0.1, 0.15) is 22.3 Å². The second-order valence-corrected chi connectivity index (χ2v) is 15.9. The summed E-state index contributed by atoms with van der Waals surface area (Å²) >= 11 is 0. The summed E-state index contributed by atoms with van der Waals surface area (Å²) in [7, 11) is 0. The van der Waals surface area contributed by atoms with Crippen LogP contribution in [0.3, 0.4) is 0 Å². The molecule has 0 amide bonds. The molecule has 280 valence electrons. The minimum atomic E-state index is -0.501. The first-order valence-electron chi connectivity index (χ1n) is 20.4. The van der Waals surface area contributed by atoms with Crippen LogP contribution in [0.25, 0.3) is 77.1 Å². The quantitative estimate of drug-likeness (QED) is 0.132. The van der Waals surface area contributed by atoms with Gasteiger partial charge < -0.3 is 13.7 Å². The van der Waals surface area contributed by atoms with Crippen molar-refractivity contribution < 1.29 is 8.83 Å². The van der Waals surface area contributed by atoms with Gasteiger partial charge in [0.05, 0.1) is 16.5 Å². The van der Waals surface area contributed by atoms with Crippen molar-refractivity contribution in [3.63, 3.8) is 0 Å². The van der Waals surface area contributed by atoms with Gasteiger partial charge in [-0.15, -0.1) is 0 Å². The molecule has 2 aromatic heterocycles. The summed E-state index contributed by atoms with van der Waals surface area (Å²) in [5.74, 6) is 0. The zero-order valence-corrected chi connectivity index (χ0v) is 32.2. The van der Waals surface area contributed by atoms with Crippen molar-refractivity contribution in [2.75, 3.05) is 4.90 Å². The van der Waals surface area contributed by atoms with Gasteiger partial charge in [-0.3, -0.25) is 0 Å². The zero-order chi connectivity index (χ0) is 39.5. The van der Waals surface area contributed by atoms with Gasteiger partial charge in [0.25, 0.3) is 0 Å². The van der Waals surface area contributed by atoms with Gasteiger partial charge >= 0.3 is 5.63 Å². The number of nitrogens with zero attached hydrogens (tertiary/aromatic N) is 1. The fraction of sp³-hybridized carbons (Fsp3) is 0.0179. The number of rotatable bonds is 4. The number of fused-ring (bicyclic) bond motifs is 16. The number of hydrogen-bond acceptors (Lipinski definition) is 4. The molecule has 60 heavy (non-hydrogen) atoms. The fourth-order valence-electron chi connectivity index (χ4n) is 10.5. The lowest BCUT2D eigenvalue weighted by atomic mass is 9.70. The summed E-state index contributed by atoms with van der Waals surface area (Å²) in [6, 6.07) is 70.6. The number of anilines is 3. The Balaban J connectivity index is 1.07. The Morgan fingerprint density at radius 2 is 0.917 bits per heavy atom. The Kier molecular flexibility index (Phi) is 6.77. The molecule has 4 heteroatoms. The second-order valence-electron chi connectivity index (χ2n) is 15.9. The maximum absolute atomic E-state index is 13.8. The maximum atomic E-state index is 13.8. The highest BCUT2D eigenvalue weighted by Gasteiger charge is 2.52. The van der Waals surface area contributed by atoms with Crippen LogP contribution in [0.5, 0.6) is 0 Å². The van der Waals surface area contributed by atoms with Crippen LogP contribution in [0.15, 0.2) is 214 Å². The van der Waals surface area contributed by atoms with Crippen molar-refractivity contribution >= 4 is 60.7 Å². The third-order valence-corrected chi connectivity index (χ3v) is 12.9. The van der Waals surface area contributed by atoms with E-state index in [1.807, 2.05) is 42.5 Å². The van der Waals surface area contributed by atoms with E-state index >= 15 is 0 Å². The Morgan fingerprint density at radius 3 is 1.65 bits per heavy atom. The monoisotopic (exact) mass is 767 g/mol. The smallest absolute Gasteiger partial charge is 0.344 e. The predicted molar refractivity (Wildman–Crippen MR) is 244 cm³/mol. The Bertz CT molecular complexity index is 3600. The number of benzene rings is 9. The van der Waals surface area contributed by atoms with Crippen LogP contribution in [-0.2, 0) is 5.41 Å². The molecule has 0 bridgehead atoms. The van der Waals surface area contributed by atoms with E-state index in [1.165, 1.54) is 44.5 Å². The first-order valence-corrected chi connectivity index (χ1v) is 20.4. The van der Waals surface area contributed by atoms with Crippen molar-refractivity contribution in [3.8, 4) is 33.4 Å². The lowest BCUT2D eigenvalue weighted by Gasteiger charge is -2.32. The summed E-state index contributed by atoms with van der Waals surface area (Å²) in [6.07, 6.45) is 0. The largest absolute Gasteiger partial charge is 0.455 e. The van der Waals surface area contributed by atoms with E-state index in [2.05, 4.69) is 163 Å². The van der Waals surface area contributed by atoms with Crippen molar-refractivity contribution in [1.29, 1.82) is 0 Å². The summed E-state index contributed by atoms with van der Waals surface area (Å²) in [4.78, 5) is 16.1. The SMILES string of the molecule is O=c1oc2ccccc2c2ccc(N(c3ccc(-c4cccc5c4oc4ccccc45)cc3)c3cccc4c3-c3ccccc3C43c4ccccc4-c4ccccc43)cc12. The lowest BCUT2D eigenvalue weighted by molar-refractivity contribution is 0.569. The van der Waals surface area contributed by atoms with E-state index in [0.29, 0.717) is 11.0 Å². The highest BCUT2D eigenvalue weighted by Crippen LogP contribution is 2.64. The number of hydrogen-bond donors (Lipinski definition) is 0. The third kappa shape index (κ3) is 4.37. The van der Waals surface area contributed by atoms with Crippen LogP contribution in [-0.4, -0.2) is 0 Å². The molecule has 13 rings (SSSR count). The van der Waals surface area contributed by atoms with Gasteiger partial charge in [-0.25, -0.2) is 4.79 Å². The molecule has 0 radical (unpaired) electrons. The van der Waals surface area contributed by atoms with Gasteiger partial charge in [0.2, 0.25) is 0 Å². The van der Waals surface area contributed by atoms with Crippen LogP contribution in [0.4, 0.5) is 17.1 Å². The van der Waals surface area contributed by atoms with Gasteiger partial charge in [0, 0.05) is 44.0 Å². The molecule has 11 aromatic rings. The van der Waals surface area contributed by atoms with E-state index < -0.39 is 5.41 Å². The Hall–Kier alpha value is -7.95. The van der Waals surface area contributed by atoms with Crippen LogP contribution in [0.2, 0.25) is 0 Å². The molecule has 2 aliphatic carbocycles. The van der Waals surface area contributed by atoms with E-state index in [1.54, 1.807) is 0 Å². The molecule has 0 saturated carbocycles. The molecule has 0 atom stereocenters. The minimum Gasteiger partial charge on any atom is -0.455 e. The average Bonchev–Trinajstić information content (AvgIpc) is 3.94. The zero-order valence-electron chi connectivity index (χ0n) is 32.2. The highest BCUT2D eigenvalue weighted by molar-refractivity contribution is 6.10. The second kappa shape index (κ2) is 12.3. The van der Waals surface area contributed by atoms with Gasteiger partial charge in [-0.05, 0) is 87.0 Å². The molecule has 0 unspecified atom stereocenters. The van der Waals surface area contributed by atoms with Gasteiger partial charge in [0.1, 0.15) is 16.7 Å². The van der Waals surface area contributed by atoms with Crippen LogP contribution >= 0.6 is 0 Å². The molecule has 0 fully saturated rings. The lowest BCUT2D eigenvalue weighted by Crippen LogP contribution is -2.26. The van der Waals surface area contributed by atoms with Crippen molar-refractivity contribution in [1.82, 2.24) is 0 Å². The van der Waals surface area contributed by atoms with Gasteiger partial charge in [-0.2, -0.15) is 0 Å².